The standard InChI is InChI=1S/C38H37N5O5S2/c1-4-33(37(47)42-38-31(22-39)30-18-19-43(24(3)44)23-34(30)50-38)49-29-13-9-12-27(21-29)40-36(46)32(41-35(45)26-10-7-6-8-11-26)20-25-14-16-28(17-15-25)48-5-2/h6-17,20-21,33H,4-5,18-19,23H2,1-3H3,(H,40,46)(H,41,45)(H,42,47)/b32-20+. The number of benzene rings is 3. The van der Waals surface area contributed by atoms with E-state index in [9.17, 15) is 24.4 Å². The lowest BCUT2D eigenvalue weighted by Gasteiger charge is -2.25. The van der Waals surface area contributed by atoms with Gasteiger partial charge in [-0.2, -0.15) is 5.26 Å². The molecule has 50 heavy (non-hydrogen) atoms. The van der Waals surface area contributed by atoms with Gasteiger partial charge >= 0.3 is 0 Å². The Bertz CT molecular complexity index is 1950. The Kier molecular flexibility index (Phi) is 12.1. The molecule has 0 bridgehead atoms. The molecule has 256 valence electrons. The van der Waals surface area contributed by atoms with Crippen LogP contribution < -0.4 is 20.7 Å². The fourth-order valence-electron chi connectivity index (χ4n) is 5.34. The first-order valence-electron chi connectivity index (χ1n) is 16.2. The molecule has 1 aliphatic rings. The van der Waals surface area contributed by atoms with Crippen LogP contribution in [0.5, 0.6) is 5.75 Å². The van der Waals surface area contributed by atoms with Crippen LogP contribution in [0.2, 0.25) is 0 Å². The minimum absolute atomic E-state index is 0.0224. The minimum atomic E-state index is -0.524. The van der Waals surface area contributed by atoms with Crippen molar-refractivity contribution in [3.8, 4) is 11.8 Å². The Balaban J connectivity index is 1.30. The maximum Gasteiger partial charge on any atom is 0.272 e. The maximum atomic E-state index is 13.6. The molecule has 0 saturated carbocycles. The van der Waals surface area contributed by atoms with Crippen molar-refractivity contribution >= 4 is 63.5 Å². The summed E-state index contributed by atoms with van der Waals surface area (Å²) in [6.45, 7) is 6.83. The van der Waals surface area contributed by atoms with Crippen LogP contribution in [0.15, 0.2) is 89.5 Å². The number of hydrogen-bond acceptors (Lipinski definition) is 8. The number of ether oxygens (including phenoxy) is 1. The van der Waals surface area contributed by atoms with E-state index in [1.165, 1.54) is 30.0 Å². The molecule has 0 radical (unpaired) electrons. The van der Waals surface area contributed by atoms with Gasteiger partial charge in [0.2, 0.25) is 11.8 Å². The lowest BCUT2D eigenvalue weighted by Crippen LogP contribution is -2.33. The summed E-state index contributed by atoms with van der Waals surface area (Å²) in [5.74, 6) is -0.524. The average Bonchev–Trinajstić information content (AvgIpc) is 3.47. The average molecular weight is 708 g/mol. The number of thiophene rings is 1. The molecule has 0 aliphatic carbocycles. The Labute approximate surface area is 299 Å². The number of rotatable bonds is 12. The second-order valence-electron chi connectivity index (χ2n) is 11.4. The number of thioether (sulfide) groups is 1. The number of fused-ring (bicyclic) bond motifs is 1. The molecule has 1 aliphatic heterocycles. The summed E-state index contributed by atoms with van der Waals surface area (Å²) in [7, 11) is 0. The molecule has 0 spiro atoms. The van der Waals surface area contributed by atoms with Crippen LogP contribution >= 0.6 is 23.1 Å². The Morgan fingerprint density at radius 1 is 1.02 bits per heavy atom. The molecule has 1 aromatic heterocycles. The monoisotopic (exact) mass is 707 g/mol. The summed E-state index contributed by atoms with van der Waals surface area (Å²) in [5, 5.41) is 18.5. The third-order valence-electron chi connectivity index (χ3n) is 7.92. The highest BCUT2D eigenvalue weighted by Gasteiger charge is 2.28. The largest absolute Gasteiger partial charge is 0.494 e. The zero-order chi connectivity index (χ0) is 35.6. The number of carbonyl (C=O) groups excluding carboxylic acids is 4. The molecule has 12 heteroatoms. The number of carbonyl (C=O) groups is 4. The van der Waals surface area contributed by atoms with Gasteiger partial charge in [-0.3, -0.25) is 19.2 Å². The Hall–Kier alpha value is -5.38. The molecular weight excluding hydrogens is 671 g/mol. The Morgan fingerprint density at radius 2 is 1.78 bits per heavy atom. The molecule has 4 amide bonds. The molecule has 3 aromatic carbocycles. The van der Waals surface area contributed by atoms with Crippen molar-refractivity contribution in [3.63, 3.8) is 0 Å². The molecule has 3 N–H and O–H groups in total. The van der Waals surface area contributed by atoms with Gasteiger partial charge in [-0.05, 0) is 79.4 Å². The fraction of sp³-hybridized carbons (Fsp3) is 0.237. The van der Waals surface area contributed by atoms with Crippen LogP contribution in [0.3, 0.4) is 0 Å². The zero-order valence-corrected chi connectivity index (χ0v) is 29.6. The van der Waals surface area contributed by atoms with Crippen molar-refractivity contribution in [1.82, 2.24) is 10.2 Å². The fourth-order valence-corrected chi connectivity index (χ4v) is 7.57. The normalized spacial score (nSPS) is 13.0. The predicted molar refractivity (Wildman–Crippen MR) is 197 cm³/mol. The minimum Gasteiger partial charge on any atom is -0.494 e. The predicted octanol–water partition coefficient (Wildman–Crippen LogP) is 6.84. The van der Waals surface area contributed by atoms with E-state index in [-0.39, 0.29) is 17.5 Å². The quantitative estimate of drug-likeness (QED) is 0.108. The lowest BCUT2D eigenvalue weighted by molar-refractivity contribution is -0.129. The van der Waals surface area contributed by atoms with Crippen molar-refractivity contribution in [2.24, 2.45) is 0 Å². The molecule has 5 rings (SSSR count). The summed E-state index contributed by atoms with van der Waals surface area (Å²) in [5.41, 5.74) is 2.97. The third-order valence-corrected chi connectivity index (χ3v) is 10.4. The summed E-state index contributed by atoms with van der Waals surface area (Å²) in [6.07, 6.45) is 2.68. The van der Waals surface area contributed by atoms with Gasteiger partial charge in [0, 0.05) is 34.5 Å². The van der Waals surface area contributed by atoms with Crippen LogP contribution in [0.1, 0.15) is 59.1 Å². The maximum absolute atomic E-state index is 13.6. The van der Waals surface area contributed by atoms with E-state index in [2.05, 4.69) is 22.0 Å². The van der Waals surface area contributed by atoms with E-state index in [1.807, 2.05) is 19.9 Å². The summed E-state index contributed by atoms with van der Waals surface area (Å²) in [6, 6.07) is 25.2. The lowest BCUT2D eigenvalue weighted by atomic mass is 10.0. The van der Waals surface area contributed by atoms with E-state index >= 15 is 0 Å². The topological polar surface area (TPSA) is 141 Å². The highest BCUT2D eigenvalue weighted by molar-refractivity contribution is 8.00. The molecule has 2 heterocycles. The van der Waals surface area contributed by atoms with Gasteiger partial charge in [0.25, 0.3) is 11.8 Å². The number of amides is 4. The van der Waals surface area contributed by atoms with Gasteiger partial charge < -0.3 is 25.6 Å². The van der Waals surface area contributed by atoms with Crippen molar-refractivity contribution in [2.75, 3.05) is 23.8 Å². The smallest absolute Gasteiger partial charge is 0.272 e. The highest BCUT2D eigenvalue weighted by Crippen LogP contribution is 2.38. The second kappa shape index (κ2) is 16.8. The number of nitriles is 1. The van der Waals surface area contributed by atoms with Gasteiger partial charge in [-0.15, -0.1) is 23.1 Å². The SMILES string of the molecule is CCOc1ccc(/C=C(/NC(=O)c2ccccc2)C(=O)Nc2cccc(SC(CC)C(=O)Nc3sc4c(c3C#N)CCN(C(C)=O)C4)c2)cc1. The van der Waals surface area contributed by atoms with E-state index < -0.39 is 17.1 Å². The van der Waals surface area contributed by atoms with Crippen LogP contribution in [-0.2, 0) is 27.3 Å². The molecule has 1 atom stereocenters. The molecule has 0 fully saturated rings. The van der Waals surface area contributed by atoms with Crippen molar-refractivity contribution in [1.29, 1.82) is 5.26 Å². The van der Waals surface area contributed by atoms with Crippen molar-refractivity contribution < 1.29 is 23.9 Å². The first-order valence-corrected chi connectivity index (χ1v) is 17.9. The van der Waals surface area contributed by atoms with Crippen molar-refractivity contribution in [2.45, 2.75) is 50.3 Å². The van der Waals surface area contributed by atoms with E-state index in [0.717, 1.165) is 15.3 Å². The van der Waals surface area contributed by atoms with E-state index in [1.54, 1.807) is 83.8 Å². The Morgan fingerprint density at radius 3 is 2.46 bits per heavy atom. The first-order chi connectivity index (χ1) is 24.2. The van der Waals surface area contributed by atoms with E-state index in [4.69, 9.17) is 4.74 Å². The van der Waals surface area contributed by atoms with E-state index in [0.29, 0.717) is 65.7 Å². The van der Waals surface area contributed by atoms with Crippen LogP contribution in [0.25, 0.3) is 6.08 Å². The molecule has 0 saturated heterocycles. The number of hydrogen-bond donors (Lipinski definition) is 3. The molecule has 4 aromatic rings. The zero-order valence-electron chi connectivity index (χ0n) is 27.9. The molecular formula is C38H37N5O5S2. The molecule has 10 nitrogen and oxygen atoms in total. The van der Waals surface area contributed by atoms with Crippen LogP contribution in [-0.4, -0.2) is 46.9 Å². The second-order valence-corrected chi connectivity index (χ2v) is 13.8. The number of anilines is 2. The van der Waals surface area contributed by atoms with Gasteiger partial charge in [-0.1, -0.05) is 43.3 Å². The number of nitrogens with one attached hydrogen (secondary N) is 3. The first kappa shape index (κ1) is 35.9. The molecule has 1 unspecified atom stereocenters. The summed E-state index contributed by atoms with van der Waals surface area (Å²) in [4.78, 5) is 55.5. The third kappa shape index (κ3) is 8.99. The van der Waals surface area contributed by atoms with Gasteiger partial charge in [0.15, 0.2) is 0 Å². The van der Waals surface area contributed by atoms with Crippen LogP contribution in [0.4, 0.5) is 10.7 Å². The summed E-state index contributed by atoms with van der Waals surface area (Å²) >= 11 is 2.68. The van der Waals surface area contributed by atoms with Gasteiger partial charge in [-0.25, -0.2) is 0 Å². The van der Waals surface area contributed by atoms with Gasteiger partial charge in [0.05, 0.1) is 24.0 Å². The number of nitrogens with zero attached hydrogens (tertiary/aromatic N) is 2. The van der Waals surface area contributed by atoms with Gasteiger partial charge in [0.1, 0.15) is 22.5 Å². The van der Waals surface area contributed by atoms with Crippen LogP contribution in [0, 0.1) is 11.3 Å². The highest BCUT2D eigenvalue weighted by atomic mass is 32.2. The summed E-state index contributed by atoms with van der Waals surface area (Å²) < 4.78 is 5.52. The van der Waals surface area contributed by atoms with Crippen molar-refractivity contribution in [3.05, 3.63) is 112 Å².